The topological polar surface area (TPSA) is 43.8 Å². The van der Waals surface area contributed by atoms with E-state index in [1.807, 2.05) is 30.3 Å². The Labute approximate surface area is 148 Å². The smallest absolute Gasteiger partial charge is 0.335 e. The van der Waals surface area contributed by atoms with Gasteiger partial charge >= 0.3 is 5.97 Å². The number of piperidine rings is 1. The number of aromatic carboxylic acids is 1. The Morgan fingerprint density at radius 2 is 1.64 bits per heavy atom. The lowest BCUT2D eigenvalue weighted by Crippen LogP contribution is -2.47. The quantitative estimate of drug-likeness (QED) is 0.911. The zero-order valence-electron chi connectivity index (χ0n) is 14.5. The molecule has 2 fully saturated rings. The Kier molecular flexibility index (Phi) is 4.22. The number of benzene rings is 2. The fourth-order valence-electron chi connectivity index (χ4n) is 4.54. The van der Waals surface area contributed by atoms with Gasteiger partial charge in [-0.2, -0.15) is 0 Å². The minimum atomic E-state index is -0.877. The van der Waals surface area contributed by atoms with Crippen LogP contribution in [-0.2, 0) is 0 Å². The van der Waals surface area contributed by atoms with Gasteiger partial charge in [0.25, 0.3) is 0 Å². The molecule has 2 bridgehead atoms. The summed E-state index contributed by atoms with van der Waals surface area (Å²) < 4.78 is 0. The lowest BCUT2D eigenvalue weighted by atomic mass is 9.95. The van der Waals surface area contributed by atoms with Gasteiger partial charge in [0.05, 0.1) is 5.56 Å². The fourth-order valence-corrected chi connectivity index (χ4v) is 4.54. The third-order valence-corrected chi connectivity index (χ3v) is 5.84. The zero-order chi connectivity index (χ0) is 17.4. The van der Waals surface area contributed by atoms with Crippen LogP contribution in [0, 0.1) is 0 Å². The van der Waals surface area contributed by atoms with E-state index in [1.165, 1.54) is 12.8 Å². The van der Waals surface area contributed by atoms with E-state index in [0.29, 0.717) is 23.7 Å². The fraction of sp³-hybridized carbons (Fsp3) is 0.381. The number of carboxylic acids is 1. The van der Waals surface area contributed by atoms with Crippen LogP contribution in [0.25, 0.3) is 0 Å². The van der Waals surface area contributed by atoms with Crippen molar-refractivity contribution >= 4 is 17.3 Å². The van der Waals surface area contributed by atoms with Crippen LogP contribution in [0.1, 0.15) is 36.0 Å². The van der Waals surface area contributed by atoms with E-state index in [2.05, 4.69) is 29.0 Å². The Morgan fingerprint density at radius 1 is 1.00 bits per heavy atom. The molecule has 0 radical (unpaired) electrons. The number of rotatable bonds is 4. The molecule has 25 heavy (non-hydrogen) atoms. The van der Waals surface area contributed by atoms with Gasteiger partial charge in [0, 0.05) is 29.5 Å². The SMILES string of the molecule is CN1C2CCC1CC(N(c1ccccc1)c1cccc(C(=O)O)c1)C2. The average Bonchev–Trinajstić information content (AvgIpc) is 2.84. The second kappa shape index (κ2) is 6.52. The minimum Gasteiger partial charge on any atom is -0.478 e. The van der Waals surface area contributed by atoms with Crippen molar-refractivity contribution in [2.75, 3.05) is 11.9 Å². The predicted molar refractivity (Wildman–Crippen MR) is 99.6 cm³/mol. The van der Waals surface area contributed by atoms with Crippen molar-refractivity contribution in [3.63, 3.8) is 0 Å². The summed E-state index contributed by atoms with van der Waals surface area (Å²) in [6, 6.07) is 19.4. The lowest BCUT2D eigenvalue weighted by molar-refractivity contribution is 0.0697. The highest BCUT2D eigenvalue weighted by molar-refractivity contribution is 5.89. The predicted octanol–water partition coefficient (Wildman–Crippen LogP) is 4.15. The van der Waals surface area contributed by atoms with E-state index in [-0.39, 0.29) is 0 Å². The van der Waals surface area contributed by atoms with Gasteiger partial charge in [-0.1, -0.05) is 24.3 Å². The van der Waals surface area contributed by atoms with Gasteiger partial charge < -0.3 is 14.9 Å². The van der Waals surface area contributed by atoms with Crippen LogP contribution >= 0.6 is 0 Å². The van der Waals surface area contributed by atoms with E-state index in [0.717, 1.165) is 24.2 Å². The van der Waals surface area contributed by atoms with Crippen molar-refractivity contribution in [1.82, 2.24) is 4.90 Å². The summed E-state index contributed by atoms with van der Waals surface area (Å²) in [5.41, 5.74) is 2.45. The van der Waals surface area contributed by atoms with Crippen molar-refractivity contribution in [2.24, 2.45) is 0 Å². The number of nitrogens with zero attached hydrogens (tertiary/aromatic N) is 2. The summed E-state index contributed by atoms with van der Waals surface area (Å²) >= 11 is 0. The highest BCUT2D eigenvalue weighted by atomic mass is 16.4. The molecule has 4 rings (SSSR count). The number of fused-ring (bicyclic) bond motifs is 2. The minimum absolute atomic E-state index is 0.342. The molecular weight excluding hydrogens is 312 g/mol. The van der Waals surface area contributed by atoms with Gasteiger partial charge in [-0.15, -0.1) is 0 Å². The Balaban J connectivity index is 1.73. The highest BCUT2D eigenvalue weighted by Gasteiger charge is 2.40. The van der Waals surface area contributed by atoms with Gasteiger partial charge in [-0.3, -0.25) is 0 Å². The maximum Gasteiger partial charge on any atom is 0.335 e. The van der Waals surface area contributed by atoms with Crippen molar-refractivity contribution in [2.45, 2.75) is 43.8 Å². The standard InChI is InChI=1S/C21H24N2O2/c1-22-17-10-11-18(22)14-20(13-17)23(16-7-3-2-4-8-16)19-9-5-6-15(12-19)21(24)25/h2-9,12,17-18,20H,10-11,13-14H2,1H3,(H,24,25). The number of para-hydroxylation sites is 1. The Bertz CT molecular complexity index is 748. The van der Waals surface area contributed by atoms with E-state index in [1.54, 1.807) is 12.1 Å². The van der Waals surface area contributed by atoms with E-state index < -0.39 is 5.97 Å². The van der Waals surface area contributed by atoms with Crippen LogP contribution in [0.2, 0.25) is 0 Å². The van der Waals surface area contributed by atoms with E-state index in [4.69, 9.17) is 0 Å². The molecule has 0 spiro atoms. The largest absolute Gasteiger partial charge is 0.478 e. The van der Waals surface area contributed by atoms with E-state index >= 15 is 0 Å². The molecule has 130 valence electrons. The summed E-state index contributed by atoms with van der Waals surface area (Å²) in [6.45, 7) is 0. The highest BCUT2D eigenvalue weighted by Crippen LogP contribution is 2.40. The van der Waals surface area contributed by atoms with Gasteiger partial charge in [0.1, 0.15) is 0 Å². The number of carboxylic acid groups (broad SMARTS) is 1. The summed E-state index contributed by atoms with van der Waals surface area (Å²) in [5.74, 6) is -0.877. The average molecular weight is 336 g/mol. The van der Waals surface area contributed by atoms with Crippen LogP contribution in [0.4, 0.5) is 11.4 Å². The Morgan fingerprint density at radius 3 is 2.28 bits per heavy atom. The molecule has 2 saturated heterocycles. The molecule has 2 aromatic rings. The second-order valence-electron chi connectivity index (χ2n) is 7.24. The Hall–Kier alpha value is -2.33. The molecule has 4 heteroatoms. The molecule has 2 aliphatic rings. The molecule has 2 unspecified atom stereocenters. The summed E-state index contributed by atoms with van der Waals surface area (Å²) in [4.78, 5) is 16.3. The van der Waals surface area contributed by atoms with E-state index in [9.17, 15) is 9.90 Å². The number of hydrogen-bond donors (Lipinski definition) is 1. The third kappa shape index (κ3) is 3.02. The first-order valence-corrected chi connectivity index (χ1v) is 9.03. The molecule has 0 aliphatic carbocycles. The van der Waals surface area contributed by atoms with Crippen molar-refractivity contribution in [3.05, 3.63) is 60.2 Å². The number of hydrogen-bond acceptors (Lipinski definition) is 3. The maximum atomic E-state index is 11.4. The number of carbonyl (C=O) groups is 1. The van der Waals surface area contributed by atoms with Crippen molar-refractivity contribution < 1.29 is 9.90 Å². The maximum absolute atomic E-state index is 11.4. The molecule has 0 saturated carbocycles. The van der Waals surface area contributed by atoms with Crippen molar-refractivity contribution in [3.8, 4) is 0 Å². The van der Waals surface area contributed by atoms with Crippen LogP contribution in [-0.4, -0.2) is 41.1 Å². The van der Waals surface area contributed by atoms with Crippen LogP contribution in [0.3, 0.4) is 0 Å². The van der Waals surface area contributed by atoms with Gasteiger partial charge in [0.2, 0.25) is 0 Å². The summed E-state index contributed by atoms with van der Waals surface area (Å²) in [6.07, 6.45) is 4.79. The molecule has 0 amide bonds. The van der Waals surface area contributed by atoms with Crippen LogP contribution in [0.5, 0.6) is 0 Å². The van der Waals surface area contributed by atoms with Crippen molar-refractivity contribution in [1.29, 1.82) is 0 Å². The summed E-state index contributed by atoms with van der Waals surface area (Å²) in [5, 5.41) is 9.38. The molecule has 1 N–H and O–H groups in total. The first-order valence-electron chi connectivity index (χ1n) is 9.03. The second-order valence-corrected chi connectivity index (χ2v) is 7.24. The molecule has 2 aromatic carbocycles. The molecule has 2 heterocycles. The normalized spacial score (nSPS) is 25.7. The monoisotopic (exact) mass is 336 g/mol. The molecule has 2 atom stereocenters. The summed E-state index contributed by atoms with van der Waals surface area (Å²) in [7, 11) is 2.25. The molecular formula is C21H24N2O2. The van der Waals surface area contributed by atoms with Gasteiger partial charge in [-0.25, -0.2) is 4.79 Å². The first-order chi connectivity index (χ1) is 12.1. The third-order valence-electron chi connectivity index (χ3n) is 5.84. The molecule has 4 nitrogen and oxygen atoms in total. The van der Waals surface area contributed by atoms with Gasteiger partial charge in [0.15, 0.2) is 0 Å². The van der Waals surface area contributed by atoms with Crippen LogP contribution < -0.4 is 4.90 Å². The lowest BCUT2D eigenvalue weighted by Gasteiger charge is -2.43. The first kappa shape index (κ1) is 16.2. The zero-order valence-corrected chi connectivity index (χ0v) is 14.5. The molecule has 0 aromatic heterocycles. The van der Waals surface area contributed by atoms with Gasteiger partial charge in [-0.05, 0) is 63.1 Å². The molecule has 2 aliphatic heterocycles. The van der Waals surface area contributed by atoms with Crippen LogP contribution in [0.15, 0.2) is 54.6 Å². The number of anilines is 2.